The summed E-state index contributed by atoms with van der Waals surface area (Å²) in [4.78, 5) is 0. The van der Waals surface area contributed by atoms with Gasteiger partial charge < -0.3 is 4.74 Å². The van der Waals surface area contributed by atoms with E-state index in [-0.39, 0.29) is 0 Å². The molecule has 0 aromatic carbocycles. The van der Waals surface area contributed by atoms with Crippen LogP contribution in [-0.2, 0) is 14.6 Å². The lowest BCUT2D eigenvalue weighted by molar-refractivity contribution is 0.157. The van der Waals surface area contributed by atoms with Gasteiger partial charge in [-0.15, -0.1) is 0 Å². The predicted molar refractivity (Wildman–Crippen MR) is 69.7 cm³/mol. The van der Waals surface area contributed by atoms with Crippen molar-refractivity contribution in [2.24, 2.45) is 17.8 Å². The second-order valence-electron chi connectivity index (χ2n) is 4.74. The van der Waals surface area contributed by atoms with Crippen molar-refractivity contribution >= 4 is 25.8 Å². The van der Waals surface area contributed by atoms with E-state index < -0.39 is 9.84 Å². The summed E-state index contributed by atoms with van der Waals surface area (Å²) >= 11 is 3.52. The quantitative estimate of drug-likeness (QED) is 0.705. The van der Waals surface area contributed by atoms with Crippen LogP contribution in [-0.4, -0.2) is 39.0 Å². The van der Waals surface area contributed by atoms with Gasteiger partial charge in [0.25, 0.3) is 0 Å². The lowest BCUT2D eigenvalue weighted by Gasteiger charge is -2.26. The zero-order chi connectivity index (χ0) is 12.2. The Morgan fingerprint density at radius 1 is 1.50 bits per heavy atom. The topological polar surface area (TPSA) is 43.4 Å². The second-order valence-corrected chi connectivity index (χ2v) is 7.62. The highest BCUT2D eigenvalue weighted by atomic mass is 79.9. The summed E-state index contributed by atoms with van der Waals surface area (Å²) in [7, 11) is -1.05. The first-order valence-electron chi connectivity index (χ1n) is 5.75. The lowest BCUT2D eigenvalue weighted by atomic mass is 9.82. The SMILES string of the molecule is COCCC(C)C(CBr)C1CCS(=O)(=O)C1. The highest BCUT2D eigenvalue weighted by Gasteiger charge is 2.35. The zero-order valence-electron chi connectivity index (χ0n) is 9.99. The second kappa shape index (κ2) is 6.36. The molecule has 1 aliphatic rings. The average Bonchev–Trinajstić information content (AvgIpc) is 2.57. The molecule has 0 spiro atoms. The molecule has 0 aromatic heterocycles. The van der Waals surface area contributed by atoms with E-state index in [1.165, 1.54) is 0 Å². The van der Waals surface area contributed by atoms with Crippen molar-refractivity contribution in [1.29, 1.82) is 0 Å². The van der Waals surface area contributed by atoms with E-state index in [4.69, 9.17) is 4.74 Å². The fraction of sp³-hybridized carbons (Fsp3) is 1.00. The van der Waals surface area contributed by atoms with Crippen LogP contribution in [0.15, 0.2) is 0 Å². The van der Waals surface area contributed by atoms with Crippen LogP contribution in [0.1, 0.15) is 19.8 Å². The van der Waals surface area contributed by atoms with E-state index in [9.17, 15) is 8.42 Å². The summed E-state index contributed by atoms with van der Waals surface area (Å²) in [5.41, 5.74) is 0. The van der Waals surface area contributed by atoms with Crippen LogP contribution in [0, 0.1) is 17.8 Å². The van der Waals surface area contributed by atoms with Crippen LogP contribution in [0.4, 0.5) is 0 Å². The first kappa shape index (κ1) is 14.5. The number of alkyl halides is 1. The number of hydrogen-bond acceptors (Lipinski definition) is 3. The summed E-state index contributed by atoms with van der Waals surface area (Å²) in [6, 6.07) is 0. The van der Waals surface area contributed by atoms with Gasteiger partial charge in [-0.05, 0) is 30.6 Å². The molecule has 16 heavy (non-hydrogen) atoms. The molecule has 5 heteroatoms. The molecule has 0 radical (unpaired) electrons. The molecule has 0 aliphatic carbocycles. The minimum Gasteiger partial charge on any atom is -0.385 e. The van der Waals surface area contributed by atoms with Crippen molar-refractivity contribution in [3.05, 3.63) is 0 Å². The molecule has 0 saturated carbocycles. The summed E-state index contributed by atoms with van der Waals surface area (Å²) < 4.78 is 28.0. The van der Waals surface area contributed by atoms with Crippen LogP contribution >= 0.6 is 15.9 Å². The molecule has 1 heterocycles. The molecular formula is C11H21BrO3S. The molecule has 1 rings (SSSR count). The van der Waals surface area contributed by atoms with Gasteiger partial charge in [-0.1, -0.05) is 22.9 Å². The minimum atomic E-state index is -2.76. The Labute approximate surface area is 107 Å². The fourth-order valence-electron chi connectivity index (χ4n) is 2.42. The van der Waals surface area contributed by atoms with Crippen molar-refractivity contribution in [2.45, 2.75) is 19.8 Å². The first-order chi connectivity index (χ1) is 7.50. The maximum absolute atomic E-state index is 11.5. The van der Waals surface area contributed by atoms with Crippen LogP contribution in [0.2, 0.25) is 0 Å². The van der Waals surface area contributed by atoms with E-state index in [1.54, 1.807) is 7.11 Å². The van der Waals surface area contributed by atoms with Gasteiger partial charge in [0.05, 0.1) is 11.5 Å². The maximum Gasteiger partial charge on any atom is 0.150 e. The van der Waals surface area contributed by atoms with E-state index >= 15 is 0 Å². The number of halogens is 1. The molecule has 0 aromatic rings. The van der Waals surface area contributed by atoms with Gasteiger partial charge in [-0.25, -0.2) is 8.42 Å². The Morgan fingerprint density at radius 3 is 2.62 bits per heavy atom. The number of rotatable bonds is 6. The predicted octanol–water partition coefficient (Wildman–Crippen LogP) is 2.10. The first-order valence-corrected chi connectivity index (χ1v) is 8.69. The summed E-state index contributed by atoms with van der Waals surface area (Å²) in [5, 5.41) is 0.887. The molecule has 1 fully saturated rings. The van der Waals surface area contributed by atoms with Crippen LogP contribution in [0.25, 0.3) is 0 Å². The third kappa shape index (κ3) is 4.00. The maximum atomic E-state index is 11.5. The Morgan fingerprint density at radius 2 is 2.19 bits per heavy atom. The third-order valence-corrected chi connectivity index (χ3v) is 6.10. The van der Waals surface area contributed by atoms with Crippen LogP contribution < -0.4 is 0 Å². The third-order valence-electron chi connectivity index (χ3n) is 3.56. The molecule has 0 N–H and O–H groups in total. The number of methoxy groups -OCH3 is 1. The smallest absolute Gasteiger partial charge is 0.150 e. The number of hydrogen-bond donors (Lipinski definition) is 0. The van der Waals surface area contributed by atoms with E-state index in [1.807, 2.05) is 0 Å². The van der Waals surface area contributed by atoms with Gasteiger partial charge in [-0.3, -0.25) is 0 Å². The standard InChI is InChI=1S/C11H21BrO3S/c1-9(3-5-15-2)11(7-12)10-4-6-16(13,14)8-10/h9-11H,3-8H2,1-2H3. The van der Waals surface area contributed by atoms with Crippen molar-refractivity contribution in [3.8, 4) is 0 Å². The van der Waals surface area contributed by atoms with Crippen molar-refractivity contribution < 1.29 is 13.2 Å². The van der Waals surface area contributed by atoms with E-state index in [2.05, 4.69) is 22.9 Å². The molecular weight excluding hydrogens is 292 g/mol. The highest BCUT2D eigenvalue weighted by Crippen LogP contribution is 2.33. The molecule has 1 aliphatic heterocycles. The Kier molecular flexibility index (Phi) is 5.74. The Hall–Kier alpha value is 0.390. The summed E-state index contributed by atoms with van der Waals surface area (Å²) in [6.07, 6.45) is 1.83. The molecule has 96 valence electrons. The summed E-state index contributed by atoms with van der Waals surface area (Å²) in [6.45, 7) is 2.94. The Bertz CT molecular complexity index is 302. The Balaban J connectivity index is 2.54. The monoisotopic (exact) mass is 312 g/mol. The average molecular weight is 313 g/mol. The van der Waals surface area contributed by atoms with E-state index in [0.717, 1.165) is 24.8 Å². The number of sulfone groups is 1. The van der Waals surface area contributed by atoms with Gasteiger partial charge in [-0.2, -0.15) is 0 Å². The van der Waals surface area contributed by atoms with Crippen molar-refractivity contribution in [2.75, 3.05) is 30.6 Å². The molecule has 0 amide bonds. The van der Waals surface area contributed by atoms with Gasteiger partial charge in [0.15, 0.2) is 9.84 Å². The molecule has 3 atom stereocenters. The van der Waals surface area contributed by atoms with Crippen LogP contribution in [0.5, 0.6) is 0 Å². The molecule has 1 saturated heterocycles. The van der Waals surface area contributed by atoms with Crippen LogP contribution in [0.3, 0.4) is 0 Å². The lowest BCUT2D eigenvalue weighted by Crippen LogP contribution is -2.25. The molecule has 0 bridgehead atoms. The normalized spacial score (nSPS) is 27.8. The fourth-order valence-corrected chi connectivity index (χ4v) is 5.48. The van der Waals surface area contributed by atoms with Gasteiger partial charge in [0, 0.05) is 19.0 Å². The highest BCUT2D eigenvalue weighted by molar-refractivity contribution is 9.09. The molecule has 3 nitrogen and oxygen atoms in total. The van der Waals surface area contributed by atoms with Crippen molar-refractivity contribution in [1.82, 2.24) is 0 Å². The zero-order valence-corrected chi connectivity index (χ0v) is 12.4. The van der Waals surface area contributed by atoms with Gasteiger partial charge in [0.1, 0.15) is 0 Å². The van der Waals surface area contributed by atoms with Crippen molar-refractivity contribution in [3.63, 3.8) is 0 Å². The largest absolute Gasteiger partial charge is 0.385 e. The van der Waals surface area contributed by atoms with Gasteiger partial charge in [0.2, 0.25) is 0 Å². The summed E-state index contributed by atoms with van der Waals surface area (Å²) in [5.74, 6) is 2.04. The van der Waals surface area contributed by atoms with E-state index in [0.29, 0.717) is 29.3 Å². The van der Waals surface area contributed by atoms with Gasteiger partial charge >= 0.3 is 0 Å². The molecule has 3 unspecified atom stereocenters. The number of ether oxygens (including phenoxy) is 1. The minimum absolute atomic E-state index is 0.330.